The molecule has 0 aromatic carbocycles. The first kappa shape index (κ1) is 9.30. The van der Waals surface area contributed by atoms with Gasteiger partial charge in [0.05, 0.1) is 5.51 Å². The van der Waals surface area contributed by atoms with Crippen molar-refractivity contribution in [3.63, 3.8) is 0 Å². The number of aromatic nitrogens is 3. The second kappa shape index (κ2) is 3.57. The van der Waals surface area contributed by atoms with Gasteiger partial charge in [-0.25, -0.2) is 9.97 Å². The molecule has 0 atom stereocenters. The van der Waals surface area contributed by atoms with Crippen LogP contribution in [0.5, 0.6) is 0 Å². The Balaban J connectivity index is 2.18. The van der Waals surface area contributed by atoms with Gasteiger partial charge < -0.3 is 4.90 Å². The quantitative estimate of drug-likeness (QED) is 0.718. The van der Waals surface area contributed by atoms with Gasteiger partial charge in [-0.15, -0.1) is 11.3 Å². The van der Waals surface area contributed by atoms with Crippen molar-refractivity contribution in [3.05, 3.63) is 10.8 Å². The number of anilines is 1. The van der Waals surface area contributed by atoms with Crippen molar-refractivity contribution in [2.24, 2.45) is 0 Å². The van der Waals surface area contributed by atoms with Gasteiger partial charge >= 0.3 is 0 Å². The summed E-state index contributed by atoms with van der Waals surface area (Å²) in [5, 5.41) is 0.314. The van der Waals surface area contributed by atoms with E-state index in [2.05, 4.69) is 19.9 Å². The minimum Gasteiger partial charge on any atom is -0.355 e. The van der Waals surface area contributed by atoms with Crippen LogP contribution in [0.1, 0.15) is 12.8 Å². The summed E-state index contributed by atoms with van der Waals surface area (Å²) in [6.45, 7) is 2.08. The van der Waals surface area contributed by atoms with Crippen LogP contribution in [0.25, 0.3) is 10.3 Å². The zero-order chi connectivity index (χ0) is 10.3. The van der Waals surface area contributed by atoms with Crippen molar-refractivity contribution in [2.45, 2.75) is 12.8 Å². The summed E-state index contributed by atoms with van der Waals surface area (Å²) < 4.78 is 0. The van der Waals surface area contributed by atoms with Crippen molar-refractivity contribution in [3.8, 4) is 0 Å². The molecular formula is C9H9ClN4S. The Hall–Kier alpha value is -0.940. The summed E-state index contributed by atoms with van der Waals surface area (Å²) in [6, 6.07) is 0. The molecule has 3 heterocycles. The van der Waals surface area contributed by atoms with Crippen LogP contribution in [0.4, 0.5) is 5.82 Å². The lowest BCUT2D eigenvalue weighted by molar-refractivity contribution is 0.937. The van der Waals surface area contributed by atoms with Crippen LogP contribution in [0, 0.1) is 0 Å². The molecule has 3 rings (SSSR count). The maximum Gasteiger partial charge on any atom is 0.225 e. The zero-order valence-corrected chi connectivity index (χ0v) is 9.55. The molecule has 2 aromatic heterocycles. The molecule has 1 aliphatic rings. The van der Waals surface area contributed by atoms with Gasteiger partial charge in [-0.2, -0.15) is 4.98 Å². The van der Waals surface area contributed by atoms with E-state index in [1.54, 1.807) is 5.51 Å². The van der Waals surface area contributed by atoms with E-state index in [1.807, 2.05) is 0 Å². The van der Waals surface area contributed by atoms with Gasteiger partial charge in [0.2, 0.25) is 5.28 Å². The molecule has 0 amide bonds. The molecule has 15 heavy (non-hydrogen) atoms. The average Bonchev–Trinajstić information content (AvgIpc) is 2.86. The Morgan fingerprint density at radius 3 is 2.87 bits per heavy atom. The van der Waals surface area contributed by atoms with E-state index < -0.39 is 0 Å². The molecule has 0 bridgehead atoms. The van der Waals surface area contributed by atoms with Crippen LogP contribution in [0.2, 0.25) is 5.28 Å². The molecule has 0 saturated carbocycles. The van der Waals surface area contributed by atoms with Gasteiger partial charge in [-0.3, -0.25) is 0 Å². The lowest BCUT2D eigenvalue weighted by Crippen LogP contribution is -2.19. The fraction of sp³-hybridized carbons (Fsp3) is 0.444. The minimum absolute atomic E-state index is 0.314. The second-order valence-corrected chi connectivity index (χ2v) is 4.69. The molecule has 0 radical (unpaired) electrons. The summed E-state index contributed by atoms with van der Waals surface area (Å²) in [6.07, 6.45) is 2.43. The van der Waals surface area contributed by atoms with Gasteiger partial charge in [-0.1, -0.05) is 0 Å². The van der Waals surface area contributed by atoms with Gasteiger partial charge in [0.1, 0.15) is 5.52 Å². The largest absolute Gasteiger partial charge is 0.355 e. The van der Waals surface area contributed by atoms with Gasteiger partial charge in [0.25, 0.3) is 0 Å². The lowest BCUT2D eigenvalue weighted by atomic mass is 10.4. The summed E-state index contributed by atoms with van der Waals surface area (Å²) >= 11 is 7.39. The molecule has 0 unspecified atom stereocenters. The highest BCUT2D eigenvalue weighted by molar-refractivity contribution is 7.16. The number of halogens is 1. The lowest BCUT2D eigenvalue weighted by Gasteiger charge is -2.16. The standard InChI is InChI=1S/C9H9ClN4S/c10-9-12-7(14-3-1-2-4-14)6-8(13-9)15-5-11-6/h5H,1-4H2. The van der Waals surface area contributed by atoms with Crippen LogP contribution in [-0.4, -0.2) is 28.0 Å². The Morgan fingerprint density at radius 2 is 2.07 bits per heavy atom. The molecule has 6 heteroatoms. The van der Waals surface area contributed by atoms with Crippen LogP contribution >= 0.6 is 22.9 Å². The fourth-order valence-corrected chi connectivity index (χ4v) is 2.74. The molecule has 0 aliphatic carbocycles. The third-order valence-electron chi connectivity index (χ3n) is 2.56. The number of fused-ring (bicyclic) bond motifs is 1. The summed E-state index contributed by atoms with van der Waals surface area (Å²) in [5.74, 6) is 0.892. The number of nitrogens with zero attached hydrogens (tertiary/aromatic N) is 4. The molecule has 1 aliphatic heterocycles. The van der Waals surface area contributed by atoms with Crippen LogP contribution < -0.4 is 4.90 Å². The topological polar surface area (TPSA) is 41.9 Å². The summed E-state index contributed by atoms with van der Waals surface area (Å²) in [7, 11) is 0. The van der Waals surface area contributed by atoms with Gasteiger partial charge in [0, 0.05) is 13.1 Å². The van der Waals surface area contributed by atoms with Crippen LogP contribution in [-0.2, 0) is 0 Å². The molecule has 1 fully saturated rings. The maximum atomic E-state index is 5.89. The second-order valence-electron chi connectivity index (χ2n) is 3.52. The molecule has 0 N–H and O–H groups in total. The Labute approximate surface area is 95.9 Å². The summed E-state index contributed by atoms with van der Waals surface area (Å²) in [4.78, 5) is 15.8. The molecular weight excluding hydrogens is 232 g/mol. The minimum atomic E-state index is 0.314. The highest BCUT2D eigenvalue weighted by Crippen LogP contribution is 2.28. The maximum absolute atomic E-state index is 5.89. The molecule has 78 valence electrons. The average molecular weight is 241 g/mol. The Morgan fingerprint density at radius 1 is 1.27 bits per heavy atom. The monoisotopic (exact) mass is 240 g/mol. The van der Waals surface area contributed by atoms with E-state index in [4.69, 9.17) is 11.6 Å². The number of hydrogen-bond acceptors (Lipinski definition) is 5. The molecule has 1 saturated heterocycles. The normalized spacial score (nSPS) is 16.5. The Bertz CT molecular complexity index is 492. The number of thiazole rings is 1. The van der Waals surface area contributed by atoms with Crippen molar-refractivity contribution < 1.29 is 0 Å². The van der Waals surface area contributed by atoms with E-state index in [1.165, 1.54) is 24.2 Å². The van der Waals surface area contributed by atoms with E-state index in [0.717, 1.165) is 29.3 Å². The number of rotatable bonds is 1. The van der Waals surface area contributed by atoms with Crippen molar-refractivity contribution in [1.82, 2.24) is 15.0 Å². The first-order chi connectivity index (χ1) is 7.34. The van der Waals surface area contributed by atoms with Crippen LogP contribution in [0.3, 0.4) is 0 Å². The van der Waals surface area contributed by atoms with Crippen LogP contribution in [0.15, 0.2) is 5.51 Å². The van der Waals surface area contributed by atoms with E-state index in [-0.39, 0.29) is 0 Å². The molecule has 2 aromatic rings. The number of hydrogen-bond donors (Lipinski definition) is 0. The van der Waals surface area contributed by atoms with Crippen molar-refractivity contribution in [1.29, 1.82) is 0 Å². The predicted octanol–water partition coefficient (Wildman–Crippen LogP) is 2.34. The smallest absolute Gasteiger partial charge is 0.225 e. The SMILES string of the molecule is Clc1nc(N2CCCC2)c2ncsc2n1. The first-order valence-electron chi connectivity index (χ1n) is 4.86. The Kier molecular flexibility index (Phi) is 2.21. The van der Waals surface area contributed by atoms with Gasteiger partial charge in [-0.05, 0) is 24.4 Å². The highest BCUT2D eigenvalue weighted by atomic mass is 35.5. The van der Waals surface area contributed by atoms with Crippen molar-refractivity contribution >= 4 is 39.1 Å². The fourth-order valence-electron chi connectivity index (χ4n) is 1.87. The van der Waals surface area contributed by atoms with Gasteiger partial charge in [0.15, 0.2) is 10.6 Å². The first-order valence-corrected chi connectivity index (χ1v) is 6.12. The summed E-state index contributed by atoms with van der Waals surface area (Å²) in [5.41, 5.74) is 2.67. The van der Waals surface area contributed by atoms with Crippen molar-refractivity contribution in [2.75, 3.05) is 18.0 Å². The van der Waals surface area contributed by atoms with E-state index in [0.29, 0.717) is 5.28 Å². The predicted molar refractivity (Wildman–Crippen MR) is 61.7 cm³/mol. The third kappa shape index (κ3) is 1.55. The van der Waals surface area contributed by atoms with E-state index >= 15 is 0 Å². The zero-order valence-electron chi connectivity index (χ0n) is 7.98. The molecule has 4 nitrogen and oxygen atoms in total. The molecule has 0 spiro atoms. The van der Waals surface area contributed by atoms with E-state index in [9.17, 15) is 0 Å². The third-order valence-corrected chi connectivity index (χ3v) is 3.45. The highest BCUT2D eigenvalue weighted by Gasteiger charge is 2.19.